The molecule has 208 valence electrons. The number of rotatable bonds is 10. The van der Waals surface area contributed by atoms with Gasteiger partial charge in [-0.05, 0) is 49.2 Å². The van der Waals surface area contributed by atoms with Crippen molar-refractivity contribution in [2.45, 2.75) is 51.5 Å². The van der Waals surface area contributed by atoms with Crippen LogP contribution < -0.4 is 5.32 Å². The van der Waals surface area contributed by atoms with E-state index >= 15 is 0 Å². The van der Waals surface area contributed by atoms with Gasteiger partial charge in [0.05, 0.1) is 23.7 Å². The molecule has 0 spiro atoms. The van der Waals surface area contributed by atoms with Crippen LogP contribution in [-0.4, -0.2) is 86.8 Å². The van der Waals surface area contributed by atoms with Gasteiger partial charge in [0.2, 0.25) is 10.0 Å². The van der Waals surface area contributed by atoms with E-state index in [0.717, 1.165) is 49.3 Å². The maximum Gasteiger partial charge on any atom is 0.257 e. The largest absolute Gasteiger partial charge is 0.378 e. The third-order valence-corrected chi connectivity index (χ3v) is 10.3. The van der Waals surface area contributed by atoms with Gasteiger partial charge in [0.25, 0.3) is 11.8 Å². The Bertz CT molecular complexity index is 1240. The number of thiophene rings is 1. The fourth-order valence-electron chi connectivity index (χ4n) is 4.85. The van der Waals surface area contributed by atoms with Crippen LogP contribution in [0.25, 0.3) is 0 Å². The van der Waals surface area contributed by atoms with Crippen LogP contribution in [0.1, 0.15) is 64.8 Å². The highest BCUT2D eigenvalue weighted by atomic mass is 32.2. The molecule has 2 amide bonds. The molecule has 0 aliphatic carbocycles. The van der Waals surface area contributed by atoms with E-state index in [0.29, 0.717) is 55.5 Å². The average Bonchev–Trinajstić information content (AvgIpc) is 3.30. The van der Waals surface area contributed by atoms with Gasteiger partial charge in [0, 0.05) is 49.7 Å². The van der Waals surface area contributed by atoms with Gasteiger partial charge < -0.3 is 15.0 Å². The molecule has 4 rings (SSSR count). The fraction of sp³-hybridized carbons (Fsp3) is 0.556. The first-order chi connectivity index (χ1) is 18.3. The zero-order chi connectivity index (χ0) is 27.3. The number of carbonyl (C=O) groups excluding carboxylic acids is 2. The summed E-state index contributed by atoms with van der Waals surface area (Å²) in [5.74, 6) is -0.437. The highest BCUT2D eigenvalue weighted by Crippen LogP contribution is 2.38. The maximum atomic E-state index is 13.6. The fourth-order valence-corrected chi connectivity index (χ4v) is 7.62. The molecule has 0 radical (unpaired) electrons. The number of anilines is 1. The second kappa shape index (κ2) is 12.7. The smallest absolute Gasteiger partial charge is 0.257 e. The second-order valence-electron chi connectivity index (χ2n) is 9.56. The van der Waals surface area contributed by atoms with Crippen LogP contribution in [0.15, 0.2) is 29.2 Å². The van der Waals surface area contributed by atoms with E-state index in [9.17, 15) is 18.0 Å². The Labute approximate surface area is 229 Å². The molecule has 1 fully saturated rings. The number of unbranched alkanes of at least 4 members (excludes halogenated alkanes) is 1. The summed E-state index contributed by atoms with van der Waals surface area (Å²) in [5, 5.41) is 3.54. The summed E-state index contributed by atoms with van der Waals surface area (Å²) < 4.78 is 33.0. The minimum absolute atomic E-state index is 0.0702. The van der Waals surface area contributed by atoms with Gasteiger partial charge in [-0.25, -0.2) is 8.42 Å². The van der Waals surface area contributed by atoms with Gasteiger partial charge in [0.1, 0.15) is 5.00 Å². The van der Waals surface area contributed by atoms with E-state index in [-0.39, 0.29) is 16.7 Å². The van der Waals surface area contributed by atoms with E-state index in [1.165, 1.54) is 39.9 Å². The van der Waals surface area contributed by atoms with Crippen LogP contribution >= 0.6 is 11.3 Å². The number of hydrogen-bond acceptors (Lipinski definition) is 7. The molecule has 3 heterocycles. The van der Waals surface area contributed by atoms with Crippen molar-refractivity contribution >= 4 is 38.2 Å². The number of morpholine rings is 1. The van der Waals surface area contributed by atoms with Gasteiger partial charge in [-0.3, -0.25) is 14.5 Å². The van der Waals surface area contributed by atoms with Crippen LogP contribution in [0.2, 0.25) is 0 Å². The van der Waals surface area contributed by atoms with E-state index in [1.54, 1.807) is 4.90 Å². The van der Waals surface area contributed by atoms with Gasteiger partial charge in [-0.15, -0.1) is 11.3 Å². The molecule has 2 aliphatic heterocycles. The quantitative estimate of drug-likeness (QED) is 0.475. The Hall–Kier alpha value is -2.31. The summed E-state index contributed by atoms with van der Waals surface area (Å²) in [6, 6.07) is 6.03. The summed E-state index contributed by atoms with van der Waals surface area (Å²) in [6.07, 6.45) is 2.46. The lowest BCUT2D eigenvalue weighted by Crippen LogP contribution is -2.41. The third-order valence-electron chi connectivity index (χ3n) is 7.19. The number of nitrogens with zero attached hydrogens (tertiary/aromatic N) is 3. The predicted octanol–water partition coefficient (Wildman–Crippen LogP) is 3.66. The van der Waals surface area contributed by atoms with Crippen molar-refractivity contribution in [3.63, 3.8) is 0 Å². The van der Waals surface area contributed by atoms with Crippen LogP contribution in [0, 0.1) is 0 Å². The van der Waals surface area contributed by atoms with Gasteiger partial charge in [-0.2, -0.15) is 4.31 Å². The van der Waals surface area contributed by atoms with Gasteiger partial charge in [0.15, 0.2) is 0 Å². The lowest BCUT2D eigenvalue weighted by atomic mass is 10.0. The molecule has 0 saturated carbocycles. The summed E-state index contributed by atoms with van der Waals surface area (Å²) in [5.41, 5.74) is 1.95. The average molecular weight is 563 g/mol. The number of likely N-dealkylation sites (N-methyl/N-ethyl adjacent to an activating group) is 1. The first-order valence-electron chi connectivity index (χ1n) is 13.5. The molecular formula is C27H38N4O5S2. The van der Waals surface area contributed by atoms with Gasteiger partial charge in [-0.1, -0.05) is 27.2 Å². The topological polar surface area (TPSA) is 99.3 Å². The van der Waals surface area contributed by atoms with Gasteiger partial charge >= 0.3 is 0 Å². The summed E-state index contributed by atoms with van der Waals surface area (Å²) in [4.78, 5) is 32.3. The second-order valence-corrected chi connectivity index (χ2v) is 12.6. The highest BCUT2D eigenvalue weighted by Gasteiger charge is 2.31. The molecule has 0 atom stereocenters. The van der Waals surface area contributed by atoms with E-state index in [4.69, 9.17) is 4.74 Å². The van der Waals surface area contributed by atoms with Crippen LogP contribution in [0.5, 0.6) is 0 Å². The molecule has 2 aromatic rings. The van der Waals surface area contributed by atoms with E-state index in [2.05, 4.69) is 17.1 Å². The standard InChI is InChI=1S/C27H38N4O5S2/c1-4-7-13-31(6-3)38(34,35)21-10-8-20(9-11-21)25(32)28-26-24(27(33)30-15-17-36-18-16-30)22-12-14-29(5-2)19-23(22)37-26/h8-11H,4-7,12-19H2,1-3H3,(H,28,32). The zero-order valence-corrected chi connectivity index (χ0v) is 24.1. The zero-order valence-electron chi connectivity index (χ0n) is 22.5. The highest BCUT2D eigenvalue weighted by molar-refractivity contribution is 7.89. The van der Waals surface area contributed by atoms with Crippen LogP contribution in [-0.2, 0) is 27.7 Å². The number of amides is 2. The van der Waals surface area contributed by atoms with Crippen molar-refractivity contribution in [3.05, 3.63) is 45.8 Å². The third kappa shape index (κ3) is 6.12. The molecule has 2 aliphatic rings. The van der Waals surface area contributed by atoms with E-state index in [1.807, 2.05) is 13.8 Å². The number of fused-ring (bicyclic) bond motifs is 1. The Balaban J connectivity index is 1.57. The van der Waals surface area contributed by atoms with Crippen molar-refractivity contribution in [1.29, 1.82) is 0 Å². The SMILES string of the molecule is CCCCN(CC)S(=O)(=O)c1ccc(C(=O)Nc2sc3c(c2C(=O)N2CCOCC2)CCN(CC)C3)cc1. The molecule has 11 heteroatoms. The minimum atomic E-state index is -3.63. The molecule has 1 aromatic heterocycles. The van der Waals surface area contributed by atoms with E-state index < -0.39 is 10.0 Å². The summed E-state index contributed by atoms with van der Waals surface area (Å²) in [6.45, 7) is 11.5. The normalized spacial score (nSPS) is 16.5. The molecule has 0 bridgehead atoms. The number of nitrogens with one attached hydrogen (secondary N) is 1. The first-order valence-corrected chi connectivity index (χ1v) is 15.7. The molecule has 0 unspecified atom stereocenters. The number of hydrogen-bond donors (Lipinski definition) is 1. The minimum Gasteiger partial charge on any atom is -0.378 e. The number of sulfonamides is 1. The van der Waals surface area contributed by atoms with Crippen molar-refractivity contribution in [1.82, 2.24) is 14.1 Å². The van der Waals surface area contributed by atoms with Crippen LogP contribution in [0.3, 0.4) is 0 Å². The molecule has 1 aromatic carbocycles. The first kappa shape index (κ1) is 28.7. The molecule has 1 saturated heterocycles. The summed E-state index contributed by atoms with van der Waals surface area (Å²) >= 11 is 1.46. The Kier molecular flexibility index (Phi) is 9.59. The van der Waals surface area contributed by atoms with Crippen molar-refractivity contribution in [3.8, 4) is 0 Å². The monoisotopic (exact) mass is 562 g/mol. The van der Waals surface area contributed by atoms with Crippen molar-refractivity contribution < 1.29 is 22.7 Å². The summed E-state index contributed by atoms with van der Waals surface area (Å²) in [7, 11) is -3.63. The maximum absolute atomic E-state index is 13.6. The Morgan fingerprint density at radius 3 is 2.42 bits per heavy atom. The molecule has 1 N–H and O–H groups in total. The lowest BCUT2D eigenvalue weighted by Gasteiger charge is -2.29. The van der Waals surface area contributed by atoms with Crippen molar-refractivity contribution in [2.75, 3.05) is 57.8 Å². The molecule has 38 heavy (non-hydrogen) atoms. The molecule has 9 nitrogen and oxygen atoms in total. The predicted molar refractivity (Wildman–Crippen MR) is 149 cm³/mol. The number of ether oxygens (including phenoxy) is 1. The Morgan fingerprint density at radius 2 is 1.79 bits per heavy atom. The number of carbonyl (C=O) groups is 2. The molecular weight excluding hydrogens is 524 g/mol. The van der Waals surface area contributed by atoms with Crippen molar-refractivity contribution in [2.24, 2.45) is 0 Å². The lowest BCUT2D eigenvalue weighted by molar-refractivity contribution is 0.0303. The number of benzene rings is 1. The Morgan fingerprint density at radius 1 is 1.08 bits per heavy atom. The van der Waals surface area contributed by atoms with Crippen LogP contribution in [0.4, 0.5) is 5.00 Å².